The summed E-state index contributed by atoms with van der Waals surface area (Å²) in [6.07, 6.45) is 1.23. The van der Waals surface area contributed by atoms with Crippen LogP contribution in [-0.4, -0.2) is 46.6 Å². The molecule has 2 N–H and O–H groups in total. The third-order valence-electron chi connectivity index (χ3n) is 6.66. The number of hydrogen-bond donors (Lipinski definition) is 2. The second kappa shape index (κ2) is 8.03. The van der Waals surface area contributed by atoms with Crippen molar-refractivity contribution in [2.75, 3.05) is 0 Å². The molecule has 0 aromatic rings. The lowest BCUT2D eigenvalue weighted by atomic mass is 9.58. The molecule has 0 bridgehead atoms. The molecule has 27 heavy (non-hydrogen) atoms. The first-order chi connectivity index (χ1) is 12.8. The first-order valence-electron chi connectivity index (χ1n) is 9.84. The van der Waals surface area contributed by atoms with Gasteiger partial charge in [0.05, 0.1) is 18.9 Å². The summed E-state index contributed by atoms with van der Waals surface area (Å²) in [5.74, 6) is -1.53. The lowest BCUT2D eigenvalue weighted by Gasteiger charge is -2.57. The molecule has 3 fully saturated rings. The van der Waals surface area contributed by atoms with Crippen molar-refractivity contribution in [3.05, 3.63) is 0 Å². The van der Waals surface area contributed by atoms with Crippen LogP contribution in [-0.2, 0) is 28.7 Å². The molecule has 0 aromatic carbocycles. The van der Waals surface area contributed by atoms with E-state index in [0.717, 1.165) is 25.7 Å². The summed E-state index contributed by atoms with van der Waals surface area (Å²) in [4.78, 5) is 27.9. The van der Waals surface area contributed by atoms with Crippen LogP contribution in [0.15, 0.2) is 0 Å². The van der Waals surface area contributed by atoms with Gasteiger partial charge in [0.25, 0.3) is 0 Å². The molecule has 2 aliphatic heterocycles. The van der Waals surface area contributed by atoms with E-state index in [-0.39, 0.29) is 36.7 Å². The molecular formula is C19H30O8. The van der Waals surface area contributed by atoms with Crippen molar-refractivity contribution >= 4 is 11.9 Å². The molecule has 0 aromatic heterocycles. The molecule has 3 rings (SSSR count). The topological polar surface area (TPSA) is 112 Å². The number of rotatable bonds is 5. The zero-order valence-electron chi connectivity index (χ0n) is 16.1. The smallest absolute Gasteiger partial charge is 0.308 e. The van der Waals surface area contributed by atoms with Gasteiger partial charge in [-0.3, -0.25) is 14.8 Å². The molecular weight excluding hydrogens is 356 g/mol. The second-order valence-electron chi connectivity index (χ2n) is 8.32. The van der Waals surface area contributed by atoms with E-state index in [4.69, 9.17) is 24.2 Å². The Kier molecular flexibility index (Phi) is 6.10. The fourth-order valence-corrected chi connectivity index (χ4v) is 5.21. The minimum Gasteiger partial charge on any atom is -0.481 e. The van der Waals surface area contributed by atoms with Crippen LogP contribution < -0.4 is 0 Å². The number of carbonyl (C=O) groups is 2. The summed E-state index contributed by atoms with van der Waals surface area (Å²) in [5.41, 5.74) is -0.980. The Morgan fingerprint density at radius 3 is 2.41 bits per heavy atom. The Morgan fingerprint density at radius 2 is 1.74 bits per heavy atom. The number of ether oxygens (including phenoxy) is 3. The van der Waals surface area contributed by atoms with Gasteiger partial charge < -0.3 is 19.3 Å². The van der Waals surface area contributed by atoms with Crippen LogP contribution >= 0.6 is 0 Å². The van der Waals surface area contributed by atoms with Crippen molar-refractivity contribution in [3.63, 3.8) is 0 Å². The van der Waals surface area contributed by atoms with Gasteiger partial charge in [0.1, 0.15) is 0 Å². The molecule has 0 radical (unpaired) electrons. The maximum atomic E-state index is 12.0. The van der Waals surface area contributed by atoms with Gasteiger partial charge in [-0.25, -0.2) is 4.89 Å². The molecule has 2 saturated heterocycles. The predicted molar refractivity (Wildman–Crippen MR) is 92.4 cm³/mol. The summed E-state index contributed by atoms with van der Waals surface area (Å²) in [6.45, 7) is 6.03. The standard InChI is InChI=1S/C19H30O8/c1-10-4-6-14-12(3)17(25-16(22)9-8-15(20)21)26-18-19(14,27-23)13(10)7-5-11(2)24-18/h10-14,17-18,23H,4-9H2,1-3H3,(H,20,21)/t10-,11+,12-,13+,14+,17?,18+,19-/m1/s1. The van der Waals surface area contributed by atoms with E-state index in [2.05, 4.69) is 6.92 Å². The number of carboxylic acids is 1. The highest BCUT2D eigenvalue weighted by molar-refractivity contribution is 5.76. The highest BCUT2D eigenvalue weighted by atomic mass is 17.1. The lowest BCUT2D eigenvalue weighted by molar-refractivity contribution is -0.457. The molecule has 8 heteroatoms. The maximum Gasteiger partial charge on any atom is 0.308 e. The third kappa shape index (κ3) is 3.72. The molecule has 0 amide bonds. The van der Waals surface area contributed by atoms with Crippen LogP contribution in [0.3, 0.4) is 0 Å². The fourth-order valence-electron chi connectivity index (χ4n) is 5.21. The molecule has 3 aliphatic rings. The lowest BCUT2D eigenvalue weighted by Crippen LogP contribution is -2.67. The Labute approximate surface area is 159 Å². The molecule has 8 atom stereocenters. The molecule has 0 spiro atoms. The van der Waals surface area contributed by atoms with E-state index in [9.17, 15) is 14.8 Å². The Bertz CT molecular complexity index is 566. The van der Waals surface area contributed by atoms with E-state index >= 15 is 0 Å². The molecule has 1 unspecified atom stereocenters. The minimum atomic E-state index is -1.05. The number of carbonyl (C=O) groups excluding carboxylic acids is 1. The molecule has 154 valence electrons. The fraction of sp³-hybridized carbons (Fsp3) is 0.895. The quantitative estimate of drug-likeness (QED) is 0.421. The molecule has 2 heterocycles. The van der Waals surface area contributed by atoms with E-state index in [1.165, 1.54) is 0 Å². The zero-order valence-corrected chi connectivity index (χ0v) is 16.1. The van der Waals surface area contributed by atoms with Crippen LogP contribution in [0.5, 0.6) is 0 Å². The number of esters is 1. The van der Waals surface area contributed by atoms with Crippen LogP contribution in [0.4, 0.5) is 0 Å². The van der Waals surface area contributed by atoms with Gasteiger partial charge in [0.2, 0.25) is 6.29 Å². The summed E-state index contributed by atoms with van der Waals surface area (Å²) in [6, 6.07) is 0. The average molecular weight is 386 g/mol. The summed E-state index contributed by atoms with van der Waals surface area (Å²) < 4.78 is 17.5. The Hall–Kier alpha value is -1.22. The van der Waals surface area contributed by atoms with E-state index in [0.29, 0.717) is 5.92 Å². The van der Waals surface area contributed by atoms with E-state index in [1.807, 2.05) is 13.8 Å². The summed E-state index contributed by atoms with van der Waals surface area (Å²) >= 11 is 0. The van der Waals surface area contributed by atoms with Crippen LogP contribution in [0.1, 0.15) is 59.3 Å². The van der Waals surface area contributed by atoms with Crippen molar-refractivity contribution in [3.8, 4) is 0 Å². The first-order valence-corrected chi connectivity index (χ1v) is 9.84. The van der Waals surface area contributed by atoms with E-state index < -0.39 is 30.1 Å². The van der Waals surface area contributed by atoms with Crippen molar-refractivity contribution in [1.82, 2.24) is 0 Å². The van der Waals surface area contributed by atoms with Crippen LogP contribution in [0.2, 0.25) is 0 Å². The Balaban J connectivity index is 1.84. The monoisotopic (exact) mass is 386 g/mol. The molecule has 1 aliphatic carbocycles. The van der Waals surface area contributed by atoms with Gasteiger partial charge in [-0.1, -0.05) is 13.8 Å². The van der Waals surface area contributed by atoms with Gasteiger partial charge in [-0.05, 0) is 44.4 Å². The minimum absolute atomic E-state index is 0.0720. The molecule has 8 nitrogen and oxygen atoms in total. The third-order valence-corrected chi connectivity index (χ3v) is 6.66. The number of hydrogen-bond acceptors (Lipinski definition) is 7. The second-order valence-corrected chi connectivity index (χ2v) is 8.32. The molecule has 1 saturated carbocycles. The van der Waals surface area contributed by atoms with Gasteiger partial charge in [0, 0.05) is 11.8 Å². The van der Waals surface area contributed by atoms with Gasteiger partial charge >= 0.3 is 11.9 Å². The summed E-state index contributed by atoms with van der Waals surface area (Å²) in [5, 5.41) is 18.7. The van der Waals surface area contributed by atoms with Crippen molar-refractivity contribution in [1.29, 1.82) is 0 Å². The maximum absolute atomic E-state index is 12.0. The number of aliphatic carboxylic acids is 1. The van der Waals surface area contributed by atoms with Crippen molar-refractivity contribution in [2.24, 2.45) is 23.7 Å². The Morgan fingerprint density at radius 1 is 1.04 bits per heavy atom. The van der Waals surface area contributed by atoms with Crippen molar-refractivity contribution in [2.45, 2.75) is 83.6 Å². The zero-order chi connectivity index (χ0) is 19.8. The normalized spacial score (nSPS) is 44.1. The van der Waals surface area contributed by atoms with E-state index in [1.54, 1.807) is 0 Å². The SMILES string of the molecule is C[C@@H]1CC[C@H]2[C@@H](C)C(OC(=O)CCC(=O)O)O[C@@H]3O[C@@H](C)CC[C@@H]1[C@]32OO. The van der Waals surface area contributed by atoms with Crippen LogP contribution in [0.25, 0.3) is 0 Å². The highest BCUT2D eigenvalue weighted by Crippen LogP contribution is 2.56. The largest absolute Gasteiger partial charge is 0.481 e. The van der Waals surface area contributed by atoms with Gasteiger partial charge in [0.15, 0.2) is 11.9 Å². The predicted octanol–water partition coefficient (Wildman–Crippen LogP) is 2.80. The van der Waals surface area contributed by atoms with Crippen LogP contribution in [0, 0.1) is 23.7 Å². The van der Waals surface area contributed by atoms with Gasteiger partial charge in [-0.2, -0.15) is 0 Å². The first kappa shape index (κ1) is 20.5. The highest BCUT2D eigenvalue weighted by Gasteiger charge is 2.65. The number of carboxylic acid groups (broad SMARTS) is 1. The van der Waals surface area contributed by atoms with Crippen molar-refractivity contribution < 1.29 is 39.1 Å². The summed E-state index contributed by atoms with van der Waals surface area (Å²) in [7, 11) is 0. The average Bonchev–Trinajstić information content (AvgIpc) is 2.76. The van der Waals surface area contributed by atoms with Gasteiger partial charge in [-0.15, -0.1) is 0 Å².